The Morgan fingerprint density at radius 1 is 1.50 bits per heavy atom. The third-order valence-electron chi connectivity index (χ3n) is 2.09. The van der Waals surface area contributed by atoms with Crippen LogP contribution in [0.5, 0.6) is 5.75 Å². The smallest absolute Gasteiger partial charge is 0.318 e. The average molecular weight is 316 g/mol. The minimum atomic E-state index is -0.912. The van der Waals surface area contributed by atoms with E-state index in [4.69, 9.17) is 16.2 Å². The summed E-state index contributed by atoms with van der Waals surface area (Å²) in [5.41, 5.74) is 11.4. The second-order valence-electron chi connectivity index (χ2n) is 3.67. The fraction of sp³-hybridized carbons (Fsp3) is 0.273. The van der Waals surface area contributed by atoms with Crippen LogP contribution >= 0.6 is 15.9 Å². The fourth-order valence-electron chi connectivity index (χ4n) is 1.33. The van der Waals surface area contributed by atoms with E-state index < -0.39 is 11.9 Å². The second kappa shape index (κ2) is 6.36. The highest BCUT2D eigenvalue weighted by Crippen LogP contribution is 2.27. The first-order chi connectivity index (χ1) is 8.40. The van der Waals surface area contributed by atoms with Crippen molar-refractivity contribution >= 4 is 27.9 Å². The second-order valence-corrected chi connectivity index (χ2v) is 4.59. The molecule has 0 unspecified atom stereocenters. The lowest BCUT2D eigenvalue weighted by Crippen LogP contribution is -2.38. The van der Waals surface area contributed by atoms with Gasteiger partial charge in [-0.3, -0.25) is 10.1 Å². The third kappa shape index (κ3) is 4.34. The van der Waals surface area contributed by atoms with Crippen molar-refractivity contribution in [3.05, 3.63) is 28.2 Å². The normalized spacial score (nSPS) is 11.7. The molecule has 0 aromatic heterocycles. The minimum absolute atomic E-state index is 0.229. The Morgan fingerprint density at radius 3 is 2.72 bits per heavy atom. The van der Waals surface area contributed by atoms with Crippen LogP contribution in [0.1, 0.15) is 18.5 Å². The first-order valence-electron chi connectivity index (χ1n) is 5.17. The highest BCUT2D eigenvalue weighted by Gasteiger charge is 2.11. The van der Waals surface area contributed by atoms with Crippen molar-refractivity contribution in [3.63, 3.8) is 0 Å². The van der Waals surface area contributed by atoms with Gasteiger partial charge in [-0.15, -0.1) is 0 Å². The molecule has 18 heavy (non-hydrogen) atoms. The summed E-state index contributed by atoms with van der Waals surface area (Å²) in [7, 11) is 0. The van der Waals surface area contributed by atoms with Crippen molar-refractivity contribution in [2.75, 3.05) is 6.61 Å². The molecule has 0 radical (unpaired) electrons. The number of primary amides is 1. The van der Waals surface area contributed by atoms with Gasteiger partial charge in [0, 0.05) is 16.1 Å². The molecular formula is C11H14BrN3O3. The molecular weight excluding hydrogens is 302 g/mol. The Kier molecular flexibility index (Phi) is 5.11. The molecule has 6 nitrogen and oxygen atoms in total. The highest BCUT2D eigenvalue weighted by molar-refractivity contribution is 9.10. The number of ether oxygens (including phenoxy) is 1. The van der Waals surface area contributed by atoms with Gasteiger partial charge in [-0.2, -0.15) is 0 Å². The van der Waals surface area contributed by atoms with Crippen LogP contribution in [-0.2, 0) is 4.79 Å². The quantitative estimate of drug-likeness (QED) is 0.771. The van der Waals surface area contributed by atoms with Crippen LogP contribution in [0.25, 0.3) is 0 Å². The SMILES string of the molecule is C[C@@H](N)c1ccc(Br)cc1OCC(=O)NC(N)=O. The molecule has 1 aromatic rings. The summed E-state index contributed by atoms with van der Waals surface area (Å²) in [6.07, 6.45) is 0. The first kappa shape index (κ1) is 14.5. The lowest BCUT2D eigenvalue weighted by Gasteiger charge is -2.14. The van der Waals surface area contributed by atoms with Gasteiger partial charge in [-0.05, 0) is 19.1 Å². The topological polar surface area (TPSA) is 107 Å². The maximum absolute atomic E-state index is 11.2. The summed E-state index contributed by atoms with van der Waals surface area (Å²) in [6.45, 7) is 1.50. The summed E-state index contributed by atoms with van der Waals surface area (Å²) in [5.74, 6) is -0.128. The Hall–Kier alpha value is -1.60. The maximum Gasteiger partial charge on any atom is 0.318 e. The van der Waals surface area contributed by atoms with Crippen LogP contribution in [0, 0.1) is 0 Å². The first-order valence-corrected chi connectivity index (χ1v) is 5.96. The molecule has 1 atom stereocenters. The van der Waals surface area contributed by atoms with E-state index >= 15 is 0 Å². The van der Waals surface area contributed by atoms with E-state index in [1.165, 1.54) is 0 Å². The van der Waals surface area contributed by atoms with Crippen molar-refractivity contribution in [1.29, 1.82) is 0 Å². The third-order valence-corrected chi connectivity index (χ3v) is 2.58. The molecule has 7 heteroatoms. The number of nitrogens with two attached hydrogens (primary N) is 2. The molecule has 0 aliphatic heterocycles. The lowest BCUT2D eigenvalue weighted by molar-refractivity contribution is -0.121. The predicted octanol–water partition coefficient (Wildman–Crippen LogP) is 1.04. The van der Waals surface area contributed by atoms with Gasteiger partial charge in [-0.1, -0.05) is 22.0 Å². The van der Waals surface area contributed by atoms with Gasteiger partial charge in [0.2, 0.25) is 0 Å². The number of imide groups is 1. The molecule has 0 aliphatic rings. The molecule has 3 amide bonds. The van der Waals surface area contributed by atoms with Crippen molar-refractivity contribution in [2.24, 2.45) is 11.5 Å². The van der Waals surface area contributed by atoms with Crippen molar-refractivity contribution in [1.82, 2.24) is 5.32 Å². The molecule has 98 valence electrons. The monoisotopic (exact) mass is 315 g/mol. The predicted molar refractivity (Wildman–Crippen MR) is 70.0 cm³/mol. The Bertz CT molecular complexity index is 463. The molecule has 0 spiro atoms. The van der Waals surface area contributed by atoms with Gasteiger partial charge < -0.3 is 16.2 Å². The van der Waals surface area contributed by atoms with E-state index in [1.54, 1.807) is 19.1 Å². The number of rotatable bonds is 4. The number of carbonyl (C=O) groups is 2. The van der Waals surface area contributed by atoms with E-state index in [1.807, 2.05) is 11.4 Å². The highest BCUT2D eigenvalue weighted by atomic mass is 79.9. The molecule has 0 saturated heterocycles. The van der Waals surface area contributed by atoms with E-state index in [0.29, 0.717) is 5.75 Å². The number of benzene rings is 1. The van der Waals surface area contributed by atoms with Gasteiger partial charge in [0.1, 0.15) is 5.75 Å². The molecule has 5 N–H and O–H groups in total. The molecule has 1 rings (SSSR count). The van der Waals surface area contributed by atoms with Crippen LogP contribution in [0.3, 0.4) is 0 Å². The molecule has 0 saturated carbocycles. The average Bonchev–Trinajstić information content (AvgIpc) is 2.25. The van der Waals surface area contributed by atoms with Gasteiger partial charge in [0.15, 0.2) is 6.61 Å². The van der Waals surface area contributed by atoms with Crippen LogP contribution in [0.15, 0.2) is 22.7 Å². The summed E-state index contributed by atoms with van der Waals surface area (Å²) in [4.78, 5) is 21.7. The number of urea groups is 1. The number of halogens is 1. The zero-order chi connectivity index (χ0) is 13.7. The van der Waals surface area contributed by atoms with Crippen LogP contribution in [0.4, 0.5) is 4.79 Å². The number of amides is 3. The van der Waals surface area contributed by atoms with Gasteiger partial charge in [0.25, 0.3) is 5.91 Å². The zero-order valence-electron chi connectivity index (χ0n) is 9.77. The summed E-state index contributed by atoms with van der Waals surface area (Å²) in [5, 5.41) is 1.91. The summed E-state index contributed by atoms with van der Waals surface area (Å²) < 4.78 is 6.12. The summed E-state index contributed by atoms with van der Waals surface area (Å²) in [6, 6.07) is 4.19. The molecule has 1 aromatic carbocycles. The Balaban J connectivity index is 2.74. The molecule has 0 heterocycles. The van der Waals surface area contributed by atoms with E-state index in [2.05, 4.69) is 15.9 Å². The lowest BCUT2D eigenvalue weighted by atomic mass is 10.1. The van der Waals surface area contributed by atoms with E-state index in [0.717, 1.165) is 10.0 Å². The molecule has 0 bridgehead atoms. The van der Waals surface area contributed by atoms with Crippen molar-refractivity contribution in [3.8, 4) is 5.75 Å². The van der Waals surface area contributed by atoms with Crippen molar-refractivity contribution < 1.29 is 14.3 Å². The van der Waals surface area contributed by atoms with Crippen LogP contribution in [-0.4, -0.2) is 18.5 Å². The van der Waals surface area contributed by atoms with E-state index in [9.17, 15) is 9.59 Å². The van der Waals surface area contributed by atoms with Crippen molar-refractivity contribution in [2.45, 2.75) is 13.0 Å². The standard InChI is InChI=1S/C11H14BrN3O3/c1-6(13)8-3-2-7(12)4-9(8)18-5-10(16)15-11(14)17/h2-4,6H,5,13H2,1H3,(H3,14,15,16,17)/t6-/m1/s1. The number of nitrogens with one attached hydrogen (secondary N) is 1. The van der Waals surface area contributed by atoms with Crippen LogP contribution < -0.4 is 21.5 Å². The number of carbonyl (C=O) groups excluding carboxylic acids is 2. The van der Waals surface area contributed by atoms with E-state index in [-0.39, 0.29) is 12.6 Å². The van der Waals surface area contributed by atoms with Crippen LogP contribution in [0.2, 0.25) is 0 Å². The fourth-order valence-corrected chi connectivity index (χ4v) is 1.67. The zero-order valence-corrected chi connectivity index (χ0v) is 11.4. The molecule has 0 fully saturated rings. The largest absolute Gasteiger partial charge is 0.483 e. The number of hydrogen-bond donors (Lipinski definition) is 3. The summed E-state index contributed by atoms with van der Waals surface area (Å²) >= 11 is 3.30. The number of hydrogen-bond acceptors (Lipinski definition) is 4. The Labute approximate surface area is 113 Å². The molecule has 0 aliphatic carbocycles. The van der Waals surface area contributed by atoms with Gasteiger partial charge >= 0.3 is 6.03 Å². The van der Waals surface area contributed by atoms with Gasteiger partial charge in [-0.25, -0.2) is 4.79 Å². The maximum atomic E-state index is 11.2. The minimum Gasteiger partial charge on any atom is -0.483 e. The van der Waals surface area contributed by atoms with Gasteiger partial charge in [0.05, 0.1) is 0 Å². The Morgan fingerprint density at radius 2 is 2.17 bits per heavy atom.